The van der Waals surface area contributed by atoms with Crippen LogP contribution in [0.3, 0.4) is 0 Å². The van der Waals surface area contributed by atoms with Crippen LogP contribution in [0.25, 0.3) is 0 Å². The van der Waals surface area contributed by atoms with E-state index in [1.165, 1.54) is 6.92 Å². The SMILES string of the molecule is CC(C)C(=O)[C@H](CCN)NC(=O)[C@@H](CC(=O)C(CCN)Cc1ccccc1)C(C)O. The number of nitrogens with two attached hydrogens (primary N) is 2. The van der Waals surface area contributed by atoms with Gasteiger partial charge >= 0.3 is 0 Å². The molecule has 1 aromatic carbocycles. The van der Waals surface area contributed by atoms with Crippen molar-refractivity contribution in [1.29, 1.82) is 0 Å². The molecule has 0 radical (unpaired) electrons. The zero-order chi connectivity index (χ0) is 22.7. The normalized spacial score (nSPS) is 15.3. The van der Waals surface area contributed by atoms with Crippen molar-refractivity contribution in [3.8, 4) is 0 Å². The van der Waals surface area contributed by atoms with Gasteiger partial charge in [-0.15, -0.1) is 0 Å². The Morgan fingerprint density at radius 3 is 2.10 bits per heavy atom. The second-order valence-electron chi connectivity index (χ2n) is 8.18. The molecule has 0 aromatic heterocycles. The summed E-state index contributed by atoms with van der Waals surface area (Å²) < 4.78 is 0. The summed E-state index contributed by atoms with van der Waals surface area (Å²) in [4.78, 5) is 38.2. The molecule has 168 valence electrons. The number of hydrogen-bond donors (Lipinski definition) is 4. The molecule has 2 unspecified atom stereocenters. The maximum Gasteiger partial charge on any atom is 0.226 e. The molecule has 1 aromatic rings. The number of benzene rings is 1. The van der Waals surface area contributed by atoms with Crippen molar-refractivity contribution in [1.82, 2.24) is 5.32 Å². The molecule has 4 atom stereocenters. The number of aliphatic hydroxyl groups is 1. The molecule has 0 saturated heterocycles. The minimum absolute atomic E-state index is 0.105. The topological polar surface area (TPSA) is 136 Å². The molecule has 7 heteroatoms. The van der Waals surface area contributed by atoms with Crippen LogP contribution in [-0.4, -0.2) is 47.8 Å². The summed E-state index contributed by atoms with van der Waals surface area (Å²) in [5, 5.41) is 12.9. The molecule has 1 amide bonds. The van der Waals surface area contributed by atoms with Gasteiger partial charge < -0.3 is 21.9 Å². The maximum absolute atomic E-state index is 13.0. The van der Waals surface area contributed by atoms with E-state index in [1.807, 2.05) is 30.3 Å². The summed E-state index contributed by atoms with van der Waals surface area (Å²) in [6.07, 6.45) is 0.215. The summed E-state index contributed by atoms with van der Waals surface area (Å²) in [5.74, 6) is -2.26. The third-order valence-electron chi connectivity index (χ3n) is 5.32. The third-order valence-corrected chi connectivity index (χ3v) is 5.32. The lowest BCUT2D eigenvalue weighted by Crippen LogP contribution is -2.48. The minimum Gasteiger partial charge on any atom is -0.393 e. The highest BCUT2D eigenvalue weighted by atomic mass is 16.3. The van der Waals surface area contributed by atoms with Gasteiger partial charge in [-0.3, -0.25) is 14.4 Å². The van der Waals surface area contributed by atoms with E-state index >= 15 is 0 Å². The fourth-order valence-electron chi connectivity index (χ4n) is 3.48. The van der Waals surface area contributed by atoms with E-state index in [-0.39, 0.29) is 36.4 Å². The molecule has 0 spiro atoms. The molecule has 0 saturated carbocycles. The Labute approximate surface area is 179 Å². The van der Waals surface area contributed by atoms with Crippen LogP contribution < -0.4 is 16.8 Å². The lowest BCUT2D eigenvalue weighted by molar-refractivity contribution is -0.137. The van der Waals surface area contributed by atoms with Crippen molar-refractivity contribution in [2.75, 3.05) is 13.1 Å². The highest BCUT2D eigenvalue weighted by Crippen LogP contribution is 2.20. The van der Waals surface area contributed by atoms with Gasteiger partial charge in [-0.2, -0.15) is 0 Å². The van der Waals surface area contributed by atoms with E-state index in [1.54, 1.807) is 13.8 Å². The van der Waals surface area contributed by atoms with Gasteiger partial charge in [0.05, 0.1) is 18.1 Å². The van der Waals surface area contributed by atoms with Crippen molar-refractivity contribution >= 4 is 17.5 Å². The van der Waals surface area contributed by atoms with E-state index < -0.39 is 24.0 Å². The van der Waals surface area contributed by atoms with Crippen LogP contribution >= 0.6 is 0 Å². The standard InChI is InChI=1S/C23H37N3O4/c1-15(2)22(29)20(10-12-25)26-23(30)19(16(3)27)14-21(28)18(9-11-24)13-17-7-5-4-6-8-17/h4-8,15-16,18-20,27H,9-14,24-25H2,1-3H3,(H,26,30)/t16?,18?,19-,20-/m0/s1. The number of ketones is 2. The largest absolute Gasteiger partial charge is 0.393 e. The summed E-state index contributed by atoms with van der Waals surface area (Å²) in [6, 6.07) is 8.91. The number of nitrogens with one attached hydrogen (secondary N) is 1. The van der Waals surface area contributed by atoms with Crippen LogP contribution in [0.5, 0.6) is 0 Å². The molecule has 30 heavy (non-hydrogen) atoms. The second kappa shape index (κ2) is 13.3. The number of carbonyl (C=O) groups is 3. The molecule has 0 heterocycles. The number of hydrogen-bond acceptors (Lipinski definition) is 6. The quantitative estimate of drug-likeness (QED) is 0.358. The Kier molecular flexibility index (Phi) is 11.5. The molecular weight excluding hydrogens is 382 g/mol. The molecule has 0 bridgehead atoms. The third kappa shape index (κ3) is 8.34. The van der Waals surface area contributed by atoms with Crippen molar-refractivity contribution < 1.29 is 19.5 Å². The zero-order valence-electron chi connectivity index (χ0n) is 18.3. The second-order valence-corrected chi connectivity index (χ2v) is 8.18. The number of aliphatic hydroxyl groups excluding tert-OH is 1. The van der Waals surface area contributed by atoms with Gasteiger partial charge in [-0.05, 0) is 44.8 Å². The lowest BCUT2D eigenvalue weighted by Gasteiger charge is -2.25. The number of rotatable bonds is 14. The van der Waals surface area contributed by atoms with Gasteiger partial charge in [0.1, 0.15) is 5.78 Å². The molecule has 1 rings (SSSR count). The van der Waals surface area contributed by atoms with Gasteiger partial charge in [0.15, 0.2) is 5.78 Å². The van der Waals surface area contributed by atoms with Gasteiger partial charge in [-0.1, -0.05) is 44.2 Å². The van der Waals surface area contributed by atoms with Crippen molar-refractivity contribution in [3.63, 3.8) is 0 Å². The van der Waals surface area contributed by atoms with Gasteiger partial charge in [0.25, 0.3) is 0 Å². The molecule has 0 aliphatic heterocycles. The molecular formula is C23H37N3O4. The average Bonchev–Trinajstić information content (AvgIpc) is 2.70. The monoisotopic (exact) mass is 419 g/mol. The first kappa shape index (κ1) is 25.9. The van der Waals surface area contributed by atoms with Crippen molar-refractivity contribution in [2.24, 2.45) is 29.2 Å². The Hall–Kier alpha value is -2.09. The molecule has 0 aliphatic carbocycles. The number of carbonyl (C=O) groups excluding carboxylic acids is 3. The van der Waals surface area contributed by atoms with Gasteiger partial charge in [-0.25, -0.2) is 0 Å². The fourth-order valence-corrected chi connectivity index (χ4v) is 3.48. The maximum atomic E-state index is 13.0. The molecule has 0 fully saturated rings. The van der Waals surface area contributed by atoms with Crippen LogP contribution in [0.2, 0.25) is 0 Å². The summed E-state index contributed by atoms with van der Waals surface area (Å²) in [6.45, 7) is 5.60. The molecule has 6 N–H and O–H groups in total. The highest BCUT2D eigenvalue weighted by Gasteiger charge is 2.32. The Bertz CT molecular complexity index is 676. The van der Waals surface area contributed by atoms with E-state index in [2.05, 4.69) is 5.32 Å². The van der Waals surface area contributed by atoms with Crippen LogP contribution in [-0.2, 0) is 20.8 Å². The highest BCUT2D eigenvalue weighted by molar-refractivity contribution is 5.93. The van der Waals surface area contributed by atoms with E-state index in [4.69, 9.17) is 11.5 Å². The van der Waals surface area contributed by atoms with E-state index in [0.29, 0.717) is 25.8 Å². The van der Waals surface area contributed by atoms with Gasteiger partial charge in [0, 0.05) is 18.3 Å². The average molecular weight is 420 g/mol. The number of amides is 1. The summed E-state index contributed by atoms with van der Waals surface area (Å²) in [7, 11) is 0. The van der Waals surface area contributed by atoms with Crippen LogP contribution in [0.15, 0.2) is 30.3 Å². The summed E-state index contributed by atoms with van der Waals surface area (Å²) in [5.41, 5.74) is 12.3. The first-order valence-corrected chi connectivity index (χ1v) is 10.7. The van der Waals surface area contributed by atoms with Crippen LogP contribution in [0.4, 0.5) is 0 Å². The Morgan fingerprint density at radius 1 is 1.00 bits per heavy atom. The fraction of sp³-hybridized carbons (Fsp3) is 0.609. The van der Waals surface area contributed by atoms with Crippen molar-refractivity contribution in [3.05, 3.63) is 35.9 Å². The van der Waals surface area contributed by atoms with E-state index in [0.717, 1.165) is 5.56 Å². The van der Waals surface area contributed by atoms with Crippen LogP contribution in [0.1, 0.15) is 45.6 Å². The Morgan fingerprint density at radius 2 is 1.60 bits per heavy atom. The number of Topliss-reactive ketones (excluding diaryl/α,β-unsaturated/α-hetero) is 2. The first-order valence-electron chi connectivity index (χ1n) is 10.7. The minimum atomic E-state index is -1.03. The van der Waals surface area contributed by atoms with Crippen molar-refractivity contribution in [2.45, 2.75) is 58.6 Å². The lowest BCUT2D eigenvalue weighted by atomic mass is 9.85. The predicted octanol–water partition coefficient (Wildman–Crippen LogP) is 1.21. The zero-order valence-corrected chi connectivity index (χ0v) is 18.3. The summed E-state index contributed by atoms with van der Waals surface area (Å²) >= 11 is 0. The predicted molar refractivity (Wildman–Crippen MR) is 118 cm³/mol. The van der Waals surface area contributed by atoms with Gasteiger partial charge in [0.2, 0.25) is 5.91 Å². The first-order chi connectivity index (χ1) is 14.2. The Balaban J connectivity index is 2.89. The van der Waals surface area contributed by atoms with E-state index in [9.17, 15) is 19.5 Å². The smallest absolute Gasteiger partial charge is 0.226 e. The molecule has 0 aliphatic rings. The molecule has 7 nitrogen and oxygen atoms in total. The van der Waals surface area contributed by atoms with Crippen LogP contribution in [0, 0.1) is 17.8 Å².